The van der Waals surface area contributed by atoms with Crippen molar-refractivity contribution in [2.24, 2.45) is 5.41 Å². The Bertz CT molecular complexity index is 1040. The molecule has 0 aliphatic heterocycles. The summed E-state index contributed by atoms with van der Waals surface area (Å²) in [5.74, 6) is 3.13. The van der Waals surface area contributed by atoms with Crippen LogP contribution >= 0.6 is 15.9 Å². The second-order valence-electron chi connectivity index (χ2n) is 7.45. The van der Waals surface area contributed by atoms with Crippen molar-refractivity contribution in [1.29, 1.82) is 0 Å². The lowest BCUT2D eigenvalue weighted by atomic mass is 9.74. The zero-order valence-corrected chi connectivity index (χ0v) is 19.3. The number of hydrogen-bond acceptors (Lipinski definition) is 6. The maximum Gasteiger partial charge on any atom is 0.319 e. The summed E-state index contributed by atoms with van der Waals surface area (Å²) < 4.78 is 12.1. The summed E-state index contributed by atoms with van der Waals surface area (Å²) in [6, 6.07) is 15.6. The minimum Gasteiger partial charge on any atom is -0.480 e. The second kappa shape index (κ2) is 11.0. The summed E-state index contributed by atoms with van der Waals surface area (Å²) in [4.78, 5) is 37.2. The highest BCUT2D eigenvalue weighted by Gasteiger charge is 2.56. The maximum absolute atomic E-state index is 13.2. The number of carbonyl (C=O) groups is 1. The predicted molar refractivity (Wildman–Crippen MR) is 124 cm³/mol. The van der Waals surface area contributed by atoms with Gasteiger partial charge in [-0.05, 0) is 56.0 Å². The number of esters is 1. The van der Waals surface area contributed by atoms with E-state index in [4.69, 9.17) is 9.47 Å². The summed E-state index contributed by atoms with van der Waals surface area (Å²) in [6.07, 6.45) is 1.31. The van der Waals surface area contributed by atoms with Gasteiger partial charge < -0.3 is 14.8 Å². The summed E-state index contributed by atoms with van der Waals surface area (Å²) in [5, 5.41) is 3.23. The highest BCUT2D eigenvalue weighted by atomic mass is 79.9. The second-order valence-corrected chi connectivity index (χ2v) is 8.37. The Morgan fingerprint density at radius 1 is 1.12 bits per heavy atom. The van der Waals surface area contributed by atoms with Gasteiger partial charge in [-0.3, -0.25) is 4.79 Å². The number of halogens is 1. The first-order valence-electron chi connectivity index (χ1n) is 10.4. The number of anilines is 1. The van der Waals surface area contributed by atoms with Crippen LogP contribution in [0, 0.1) is 5.41 Å². The minimum atomic E-state index is -1.41. The number of ether oxygens (including phenoxy) is 2. The van der Waals surface area contributed by atoms with Gasteiger partial charge in [-0.2, -0.15) is 0 Å². The van der Waals surface area contributed by atoms with Gasteiger partial charge in [0.15, 0.2) is 5.94 Å². The number of carbonyl (C=O) groups excluding carboxylic acids is 3. The van der Waals surface area contributed by atoms with Crippen molar-refractivity contribution in [2.75, 3.05) is 11.9 Å². The van der Waals surface area contributed by atoms with Crippen LogP contribution in [0.1, 0.15) is 31.7 Å². The third kappa shape index (κ3) is 5.03. The quantitative estimate of drug-likeness (QED) is 0.308. The van der Waals surface area contributed by atoms with E-state index in [-0.39, 0.29) is 24.5 Å². The van der Waals surface area contributed by atoms with Crippen molar-refractivity contribution in [3.63, 3.8) is 0 Å². The molecule has 166 valence electrons. The van der Waals surface area contributed by atoms with E-state index in [0.29, 0.717) is 24.9 Å². The zero-order valence-electron chi connectivity index (χ0n) is 17.7. The van der Waals surface area contributed by atoms with E-state index in [1.54, 1.807) is 19.1 Å². The maximum atomic E-state index is 13.2. The van der Waals surface area contributed by atoms with Crippen molar-refractivity contribution < 1.29 is 23.9 Å². The molecule has 2 aromatic carbocycles. The van der Waals surface area contributed by atoms with Crippen molar-refractivity contribution >= 4 is 39.5 Å². The molecule has 0 radical (unpaired) electrons. The van der Waals surface area contributed by atoms with E-state index >= 15 is 0 Å². The first-order valence-corrected chi connectivity index (χ1v) is 11.2. The van der Waals surface area contributed by atoms with Crippen molar-refractivity contribution in [1.82, 2.24) is 0 Å². The Morgan fingerprint density at radius 3 is 2.47 bits per heavy atom. The largest absolute Gasteiger partial charge is 0.480 e. The van der Waals surface area contributed by atoms with E-state index in [1.807, 2.05) is 54.3 Å². The fourth-order valence-corrected chi connectivity index (χ4v) is 4.28. The molecule has 0 heterocycles. The van der Waals surface area contributed by atoms with Crippen molar-refractivity contribution in [3.05, 3.63) is 76.0 Å². The van der Waals surface area contributed by atoms with Crippen LogP contribution in [0.15, 0.2) is 70.4 Å². The lowest BCUT2D eigenvalue weighted by Gasteiger charge is -2.36. The zero-order chi connectivity index (χ0) is 23.0. The molecule has 1 fully saturated rings. The highest BCUT2D eigenvalue weighted by Crippen LogP contribution is 2.48. The van der Waals surface area contributed by atoms with E-state index < -0.39 is 17.4 Å². The van der Waals surface area contributed by atoms with Gasteiger partial charge in [-0.1, -0.05) is 46.3 Å². The molecule has 0 amide bonds. The molecule has 0 aromatic heterocycles. The van der Waals surface area contributed by atoms with Gasteiger partial charge in [0.1, 0.15) is 24.0 Å². The van der Waals surface area contributed by atoms with Crippen LogP contribution in [0.3, 0.4) is 0 Å². The summed E-state index contributed by atoms with van der Waals surface area (Å²) in [5.41, 5.74) is 0.357. The predicted octanol–water partition coefficient (Wildman–Crippen LogP) is 4.65. The summed E-state index contributed by atoms with van der Waals surface area (Å²) >= 11 is 3.40. The molecule has 0 bridgehead atoms. The third-order valence-corrected chi connectivity index (χ3v) is 6.08. The first kappa shape index (κ1) is 23.6. The lowest BCUT2D eigenvalue weighted by molar-refractivity contribution is -0.153. The molecule has 1 aliphatic carbocycles. The Labute approximate surface area is 195 Å². The average molecular weight is 498 g/mol. The fourth-order valence-electron chi connectivity index (χ4n) is 4.01. The molecule has 1 saturated carbocycles. The molecule has 1 aliphatic rings. The Balaban J connectivity index is 2.04. The molecular weight excluding hydrogens is 474 g/mol. The van der Waals surface area contributed by atoms with E-state index in [2.05, 4.69) is 21.2 Å². The van der Waals surface area contributed by atoms with Gasteiger partial charge in [0.2, 0.25) is 5.76 Å². The monoisotopic (exact) mass is 497 g/mol. The minimum absolute atomic E-state index is 0.0977. The first-order chi connectivity index (χ1) is 15.5. The molecule has 7 heteroatoms. The van der Waals surface area contributed by atoms with E-state index in [9.17, 15) is 14.4 Å². The molecule has 2 atom stereocenters. The molecule has 1 N–H and O–H groups in total. The number of benzene rings is 2. The molecule has 0 spiro atoms. The Morgan fingerprint density at radius 2 is 1.84 bits per heavy atom. The van der Waals surface area contributed by atoms with Gasteiger partial charge in [-0.25, -0.2) is 9.59 Å². The molecule has 2 aromatic rings. The van der Waals surface area contributed by atoms with Crippen LogP contribution in [-0.2, 0) is 30.5 Å². The number of rotatable bonds is 9. The lowest BCUT2D eigenvalue weighted by Crippen LogP contribution is -2.49. The fraction of sp³-hybridized carbons (Fsp3) is 0.320. The van der Waals surface area contributed by atoms with Crippen LogP contribution < -0.4 is 5.32 Å². The van der Waals surface area contributed by atoms with Crippen LogP contribution in [0.25, 0.3) is 0 Å². The average Bonchev–Trinajstić information content (AvgIpc) is 3.25. The van der Waals surface area contributed by atoms with Gasteiger partial charge >= 0.3 is 5.97 Å². The van der Waals surface area contributed by atoms with Crippen molar-refractivity contribution in [2.45, 2.75) is 38.8 Å². The molecule has 6 nitrogen and oxygen atoms in total. The van der Waals surface area contributed by atoms with Crippen LogP contribution in [-0.4, -0.2) is 30.5 Å². The normalized spacial score (nSPS) is 18.2. The van der Waals surface area contributed by atoms with Gasteiger partial charge in [-0.15, -0.1) is 0 Å². The molecule has 2 unspecified atom stereocenters. The Hall–Kier alpha value is -3.11. The summed E-state index contributed by atoms with van der Waals surface area (Å²) in [6.45, 7) is 1.95. The van der Waals surface area contributed by atoms with Gasteiger partial charge in [0, 0.05) is 15.7 Å². The van der Waals surface area contributed by atoms with Gasteiger partial charge in [0.05, 0.1) is 6.61 Å². The van der Waals surface area contributed by atoms with E-state index in [0.717, 1.165) is 10.0 Å². The van der Waals surface area contributed by atoms with Crippen molar-refractivity contribution in [3.8, 4) is 0 Å². The Kier molecular flexibility index (Phi) is 8.07. The third-order valence-electron chi connectivity index (χ3n) is 5.55. The molecule has 0 saturated heterocycles. The molecule has 32 heavy (non-hydrogen) atoms. The van der Waals surface area contributed by atoms with Crippen LogP contribution in [0.4, 0.5) is 5.69 Å². The smallest absolute Gasteiger partial charge is 0.319 e. The molecular formula is C25H24BrNO5. The number of nitrogens with one attached hydrogen (secondary N) is 1. The SMILES string of the molecule is CCOC(=O)C1(C(Nc2ccc(Br)cc2)C(=C=O)OCc2ccccc2)CCCC1=C=O. The van der Waals surface area contributed by atoms with E-state index in [1.165, 1.54) is 0 Å². The highest BCUT2D eigenvalue weighted by molar-refractivity contribution is 9.10. The topological polar surface area (TPSA) is 81.7 Å². The van der Waals surface area contributed by atoms with Crippen LogP contribution in [0.5, 0.6) is 0 Å². The van der Waals surface area contributed by atoms with Gasteiger partial charge in [0.25, 0.3) is 0 Å². The van der Waals surface area contributed by atoms with Crippen LogP contribution in [0.2, 0.25) is 0 Å². The summed E-state index contributed by atoms with van der Waals surface area (Å²) in [7, 11) is 0. The standard InChI is InChI=1S/C25H24BrNO5/c1-2-31-24(30)25(14-6-9-19(25)15-28)23(27-21-12-10-20(26)11-13-21)22(16-29)32-17-18-7-4-3-5-8-18/h3-5,7-8,10-13,23,27H,2,6,9,14,17H2,1H3. The number of hydrogen-bond donors (Lipinski definition) is 1. The molecule has 3 rings (SSSR count).